The molecule has 0 aromatic heterocycles. The zero-order chi connectivity index (χ0) is 19.4. The lowest BCUT2D eigenvalue weighted by atomic mass is 10.2. The number of anilines is 1. The molecule has 0 aliphatic carbocycles. The summed E-state index contributed by atoms with van der Waals surface area (Å²) in [6.45, 7) is 0.857. The fraction of sp³-hybridized carbons (Fsp3) is 0.562. The molecular weight excluding hydrogens is 373 g/mol. The van der Waals surface area contributed by atoms with E-state index in [0.717, 1.165) is 47.7 Å². The van der Waals surface area contributed by atoms with Gasteiger partial charge in [0.05, 0.1) is 23.6 Å². The molecule has 1 aromatic carbocycles. The maximum atomic E-state index is 12.6. The van der Waals surface area contributed by atoms with Gasteiger partial charge in [0.25, 0.3) is 0 Å². The Balaban J connectivity index is 1.98. The lowest BCUT2D eigenvalue weighted by molar-refractivity contribution is -0.137. The Hall–Kier alpha value is -1.81. The molecule has 1 unspecified atom stereocenters. The molecule has 1 fully saturated rings. The number of amides is 1. The second-order valence-electron chi connectivity index (χ2n) is 6.07. The first-order valence-electron chi connectivity index (χ1n) is 8.10. The van der Waals surface area contributed by atoms with Crippen molar-refractivity contribution in [1.29, 1.82) is 0 Å². The van der Waals surface area contributed by atoms with Crippen molar-refractivity contribution in [3.63, 3.8) is 0 Å². The number of hydrogen-bond acceptors (Lipinski definition) is 4. The summed E-state index contributed by atoms with van der Waals surface area (Å²) in [5.74, 6) is -0.346. The Labute approximate surface area is 150 Å². The third kappa shape index (κ3) is 5.87. The maximum Gasteiger partial charge on any atom is 0.416 e. The summed E-state index contributed by atoms with van der Waals surface area (Å²) in [7, 11) is -3.75. The Morgan fingerprint density at radius 2 is 1.96 bits per heavy atom. The highest BCUT2D eigenvalue weighted by Crippen LogP contribution is 2.31. The van der Waals surface area contributed by atoms with Crippen molar-refractivity contribution < 1.29 is 31.1 Å². The topological polar surface area (TPSA) is 75.7 Å². The smallest absolute Gasteiger partial charge is 0.376 e. The minimum atomic E-state index is -4.50. The lowest BCUT2D eigenvalue weighted by Gasteiger charge is -2.22. The maximum absolute atomic E-state index is 12.6. The molecule has 6 nitrogen and oxygen atoms in total. The van der Waals surface area contributed by atoms with Gasteiger partial charge in [-0.25, -0.2) is 8.42 Å². The van der Waals surface area contributed by atoms with Crippen molar-refractivity contribution in [2.45, 2.75) is 31.5 Å². The lowest BCUT2D eigenvalue weighted by Crippen LogP contribution is -2.36. The summed E-state index contributed by atoms with van der Waals surface area (Å²) < 4.78 is 68.1. The van der Waals surface area contributed by atoms with Crippen LogP contribution >= 0.6 is 0 Å². The van der Waals surface area contributed by atoms with Crippen LogP contribution in [0.3, 0.4) is 0 Å². The average molecular weight is 394 g/mol. The van der Waals surface area contributed by atoms with Crippen LogP contribution in [0.4, 0.5) is 18.9 Å². The van der Waals surface area contributed by atoms with Gasteiger partial charge < -0.3 is 10.1 Å². The Kier molecular flexibility index (Phi) is 6.51. The Morgan fingerprint density at radius 3 is 2.46 bits per heavy atom. The predicted octanol–water partition coefficient (Wildman–Crippen LogP) is 2.16. The summed E-state index contributed by atoms with van der Waals surface area (Å²) in [6.07, 6.45) is -1.90. The molecule has 26 heavy (non-hydrogen) atoms. The molecule has 1 saturated heterocycles. The molecule has 146 valence electrons. The quantitative estimate of drug-likeness (QED) is 0.769. The van der Waals surface area contributed by atoms with Crippen molar-refractivity contribution in [2.24, 2.45) is 0 Å². The van der Waals surface area contributed by atoms with Crippen LogP contribution in [0.25, 0.3) is 0 Å². The summed E-state index contributed by atoms with van der Waals surface area (Å²) >= 11 is 0. The van der Waals surface area contributed by atoms with Crippen molar-refractivity contribution in [3.05, 3.63) is 29.8 Å². The third-order valence-electron chi connectivity index (χ3n) is 3.98. The fourth-order valence-electron chi connectivity index (χ4n) is 2.63. The van der Waals surface area contributed by atoms with Gasteiger partial charge in [0.1, 0.15) is 0 Å². The number of halogens is 3. The van der Waals surface area contributed by atoms with Gasteiger partial charge in [-0.1, -0.05) is 0 Å². The van der Waals surface area contributed by atoms with Gasteiger partial charge in [0, 0.05) is 26.1 Å². The second kappa shape index (κ2) is 8.26. The van der Waals surface area contributed by atoms with Crippen LogP contribution in [-0.4, -0.2) is 46.4 Å². The summed E-state index contributed by atoms with van der Waals surface area (Å²) in [5, 5.41) is 2.68. The van der Waals surface area contributed by atoms with E-state index in [1.54, 1.807) is 0 Å². The molecule has 0 spiro atoms. The first-order chi connectivity index (χ1) is 12.1. The molecule has 1 heterocycles. The Bertz CT molecular complexity index is 714. The van der Waals surface area contributed by atoms with Crippen LogP contribution in [0.5, 0.6) is 0 Å². The van der Waals surface area contributed by atoms with Crippen molar-refractivity contribution >= 4 is 21.6 Å². The van der Waals surface area contributed by atoms with Gasteiger partial charge in [-0.2, -0.15) is 13.2 Å². The molecule has 1 aromatic rings. The van der Waals surface area contributed by atoms with E-state index >= 15 is 0 Å². The number of sulfonamides is 1. The number of hydrogen-bond donors (Lipinski definition) is 1. The number of benzene rings is 1. The van der Waals surface area contributed by atoms with E-state index in [4.69, 9.17) is 4.74 Å². The van der Waals surface area contributed by atoms with Crippen LogP contribution < -0.4 is 9.62 Å². The van der Waals surface area contributed by atoms with E-state index in [9.17, 15) is 26.4 Å². The highest BCUT2D eigenvalue weighted by molar-refractivity contribution is 7.92. The molecule has 0 bridgehead atoms. The summed E-state index contributed by atoms with van der Waals surface area (Å²) in [6, 6.07) is 3.78. The zero-order valence-electron chi connectivity index (χ0n) is 14.3. The first-order valence-corrected chi connectivity index (χ1v) is 9.95. The second-order valence-corrected chi connectivity index (χ2v) is 7.98. The van der Waals surface area contributed by atoms with Gasteiger partial charge in [-0.05, 0) is 37.1 Å². The highest BCUT2D eigenvalue weighted by atomic mass is 32.2. The number of ether oxygens (including phenoxy) is 1. The van der Waals surface area contributed by atoms with E-state index in [1.165, 1.54) is 0 Å². The molecular formula is C16H21F3N2O4S. The van der Waals surface area contributed by atoms with Crippen LogP contribution in [0, 0.1) is 0 Å². The van der Waals surface area contributed by atoms with Crippen LogP contribution in [-0.2, 0) is 25.7 Å². The predicted molar refractivity (Wildman–Crippen MR) is 90.2 cm³/mol. The van der Waals surface area contributed by atoms with E-state index < -0.39 is 21.8 Å². The minimum absolute atomic E-state index is 0.0279. The monoisotopic (exact) mass is 394 g/mol. The average Bonchev–Trinajstić information content (AvgIpc) is 3.05. The minimum Gasteiger partial charge on any atom is -0.376 e. The zero-order valence-corrected chi connectivity index (χ0v) is 15.1. The van der Waals surface area contributed by atoms with E-state index in [2.05, 4.69) is 5.32 Å². The van der Waals surface area contributed by atoms with Gasteiger partial charge >= 0.3 is 6.18 Å². The number of alkyl halides is 3. The van der Waals surface area contributed by atoms with Crippen molar-refractivity contribution in [3.8, 4) is 0 Å². The molecule has 10 heteroatoms. The normalized spacial score (nSPS) is 17.9. The molecule has 1 aliphatic heterocycles. The molecule has 0 radical (unpaired) electrons. The third-order valence-corrected chi connectivity index (χ3v) is 5.17. The van der Waals surface area contributed by atoms with E-state index in [-0.39, 0.29) is 30.7 Å². The van der Waals surface area contributed by atoms with Crippen LogP contribution in [0.1, 0.15) is 24.8 Å². The molecule has 1 N–H and O–H groups in total. The summed E-state index contributed by atoms with van der Waals surface area (Å²) in [4.78, 5) is 11.9. The standard InChI is InChI=1S/C16H21F3N2O4S/c1-26(23,24)21(13-6-4-12(5-7-13)16(17,18)19)9-8-15(22)20-11-14-3-2-10-25-14/h4-7,14H,2-3,8-11H2,1H3,(H,20,22). The number of rotatable bonds is 7. The molecule has 1 aliphatic rings. The first kappa shape index (κ1) is 20.5. The largest absolute Gasteiger partial charge is 0.416 e. The van der Waals surface area contributed by atoms with Crippen LogP contribution in [0.15, 0.2) is 24.3 Å². The van der Waals surface area contributed by atoms with Gasteiger partial charge in [-0.3, -0.25) is 9.10 Å². The van der Waals surface area contributed by atoms with Gasteiger partial charge in [-0.15, -0.1) is 0 Å². The highest BCUT2D eigenvalue weighted by Gasteiger charge is 2.30. The SMILES string of the molecule is CS(=O)(=O)N(CCC(=O)NCC1CCCO1)c1ccc(C(F)(F)F)cc1. The summed E-state index contributed by atoms with van der Waals surface area (Å²) in [5.41, 5.74) is -0.795. The number of carbonyl (C=O) groups excluding carboxylic acids is 1. The van der Waals surface area contributed by atoms with E-state index in [1.807, 2.05) is 0 Å². The molecule has 2 rings (SSSR count). The number of nitrogens with zero attached hydrogens (tertiary/aromatic N) is 1. The number of nitrogens with one attached hydrogen (secondary N) is 1. The van der Waals surface area contributed by atoms with E-state index in [0.29, 0.717) is 13.2 Å². The fourth-order valence-corrected chi connectivity index (χ4v) is 3.56. The number of carbonyl (C=O) groups is 1. The molecule has 0 saturated carbocycles. The Morgan fingerprint density at radius 1 is 1.31 bits per heavy atom. The molecule has 1 amide bonds. The van der Waals surface area contributed by atoms with Crippen molar-refractivity contribution in [2.75, 3.05) is 30.3 Å². The molecule has 1 atom stereocenters. The van der Waals surface area contributed by atoms with Gasteiger partial charge in [0.15, 0.2) is 0 Å². The van der Waals surface area contributed by atoms with Crippen LogP contribution in [0.2, 0.25) is 0 Å². The van der Waals surface area contributed by atoms with Crippen molar-refractivity contribution in [1.82, 2.24) is 5.32 Å². The van der Waals surface area contributed by atoms with Gasteiger partial charge in [0.2, 0.25) is 15.9 Å².